The largest absolute Gasteiger partial charge is 0.497 e. The van der Waals surface area contributed by atoms with Gasteiger partial charge in [-0.1, -0.05) is 30.3 Å². The predicted octanol–water partition coefficient (Wildman–Crippen LogP) is 4.55. The molecule has 152 valence electrons. The molecule has 1 aliphatic rings. The molecule has 1 fully saturated rings. The molecule has 0 aliphatic carbocycles. The number of thioether (sulfide) groups is 1. The van der Waals surface area contributed by atoms with Crippen LogP contribution in [0.25, 0.3) is 0 Å². The Bertz CT molecular complexity index is 742. The molecule has 1 atom stereocenters. The summed E-state index contributed by atoms with van der Waals surface area (Å²) < 4.78 is 5.30. The molecule has 1 aliphatic heterocycles. The molecular weight excluding hydrogens is 481 g/mol. The van der Waals surface area contributed by atoms with Gasteiger partial charge in [-0.05, 0) is 48.6 Å². The Hall–Kier alpha value is -1.41. The number of halogens is 1. The summed E-state index contributed by atoms with van der Waals surface area (Å²) in [6, 6.07) is 18.9. The molecule has 0 aromatic heterocycles. The number of hydrogen-bond donors (Lipinski definition) is 1. The first-order valence-corrected chi connectivity index (χ1v) is 10.5. The summed E-state index contributed by atoms with van der Waals surface area (Å²) >= 11 is 1.96. The lowest BCUT2D eigenvalue weighted by Gasteiger charge is -2.21. The summed E-state index contributed by atoms with van der Waals surface area (Å²) in [7, 11) is 3.58. The van der Waals surface area contributed by atoms with Crippen molar-refractivity contribution in [2.75, 3.05) is 39.5 Å². The number of guanidine groups is 1. The molecule has 1 saturated heterocycles. The lowest BCUT2D eigenvalue weighted by molar-refractivity contribution is 0.414. The Morgan fingerprint density at radius 2 is 2.04 bits per heavy atom. The van der Waals surface area contributed by atoms with Crippen LogP contribution in [0.15, 0.2) is 64.5 Å². The number of rotatable bonds is 7. The zero-order valence-corrected chi connectivity index (χ0v) is 19.8. The fraction of sp³-hybridized carbons (Fsp3) is 0.409. The van der Waals surface area contributed by atoms with E-state index in [0.717, 1.165) is 37.8 Å². The van der Waals surface area contributed by atoms with Crippen LogP contribution in [0.1, 0.15) is 12.0 Å². The highest BCUT2D eigenvalue weighted by atomic mass is 127. The van der Waals surface area contributed by atoms with E-state index >= 15 is 0 Å². The van der Waals surface area contributed by atoms with E-state index in [1.165, 1.54) is 22.6 Å². The molecule has 0 radical (unpaired) electrons. The van der Waals surface area contributed by atoms with Crippen LogP contribution in [-0.2, 0) is 6.42 Å². The highest BCUT2D eigenvalue weighted by Crippen LogP contribution is 2.25. The van der Waals surface area contributed by atoms with Crippen molar-refractivity contribution in [3.63, 3.8) is 0 Å². The summed E-state index contributed by atoms with van der Waals surface area (Å²) in [5.41, 5.74) is 1.27. The van der Waals surface area contributed by atoms with E-state index in [1.807, 2.05) is 30.9 Å². The van der Waals surface area contributed by atoms with Gasteiger partial charge in [0.15, 0.2) is 5.96 Å². The van der Waals surface area contributed by atoms with Crippen molar-refractivity contribution >= 4 is 41.7 Å². The standard InChI is InChI=1S/C22H29N3OS.HI/c1-23-22(24-13-11-18-7-6-8-20(15-18)26-2)25-14-12-19(16-25)17-27-21-9-4-3-5-10-21;/h3-10,15,19H,11-14,16-17H2,1-2H3,(H,23,24);1H. The fourth-order valence-corrected chi connectivity index (χ4v) is 4.42. The summed E-state index contributed by atoms with van der Waals surface area (Å²) in [6.45, 7) is 3.04. The first kappa shape index (κ1) is 22.9. The maximum Gasteiger partial charge on any atom is 0.193 e. The number of benzene rings is 2. The molecule has 4 nitrogen and oxygen atoms in total. The van der Waals surface area contributed by atoms with E-state index in [0.29, 0.717) is 5.92 Å². The van der Waals surface area contributed by atoms with E-state index in [9.17, 15) is 0 Å². The van der Waals surface area contributed by atoms with Gasteiger partial charge in [-0.2, -0.15) is 0 Å². The molecule has 1 unspecified atom stereocenters. The average molecular weight is 511 g/mol. The molecule has 0 bridgehead atoms. The van der Waals surface area contributed by atoms with E-state index in [2.05, 4.69) is 57.7 Å². The normalized spacial score (nSPS) is 16.6. The topological polar surface area (TPSA) is 36.9 Å². The minimum Gasteiger partial charge on any atom is -0.497 e. The average Bonchev–Trinajstić information content (AvgIpc) is 3.19. The molecule has 6 heteroatoms. The molecule has 3 rings (SSSR count). The van der Waals surface area contributed by atoms with Crippen LogP contribution in [0, 0.1) is 5.92 Å². The van der Waals surface area contributed by atoms with Crippen molar-refractivity contribution in [2.45, 2.75) is 17.7 Å². The third-order valence-corrected chi connectivity index (χ3v) is 6.10. The molecule has 0 spiro atoms. The lowest BCUT2D eigenvalue weighted by atomic mass is 10.1. The van der Waals surface area contributed by atoms with Gasteiger partial charge in [0.1, 0.15) is 5.75 Å². The van der Waals surface area contributed by atoms with Crippen molar-refractivity contribution in [1.82, 2.24) is 10.2 Å². The first-order chi connectivity index (χ1) is 13.3. The van der Waals surface area contributed by atoms with Gasteiger partial charge in [0, 0.05) is 37.3 Å². The molecule has 2 aromatic carbocycles. The van der Waals surface area contributed by atoms with Crippen molar-refractivity contribution in [2.24, 2.45) is 10.9 Å². The molecule has 1 N–H and O–H groups in total. The van der Waals surface area contributed by atoms with Crippen LogP contribution in [0.3, 0.4) is 0 Å². The second-order valence-corrected chi connectivity index (χ2v) is 7.89. The van der Waals surface area contributed by atoms with Crippen LogP contribution in [0.5, 0.6) is 5.75 Å². The maximum absolute atomic E-state index is 5.30. The second-order valence-electron chi connectivity index (χ2n) is 6.80. The molecule has 0 amide bonds. The van der Waals surface area contributed by atoms with Crippen LogP contribution in [0.4, 0.5) is 0 Å². The van der Waals surface area contributed by atoms with E-state index < -0.39 is 0 Å². The van der Waals surface area contributed by atoms with Gasteiger partial charge >= 0.3 is 0 Å². The number of nitrogens with zero attached hydrogens (tertiary/aromatic N) is 2. The SMILES string of the molecule is CN=C(NCCc1cccc(OC)c1)N1CCC(CSc2ccccc2)C1.I. The first-order valence-electron chi connectivity index (χ1n) is 9.55. The van der Waals surface area contributed by atoms with Crippen molar-refractivity contribution in [1.29, 1.82) is 0 Å². The number of likely N-dealkylation sites (tertiary alicyclic amines) is 1. The second kappa shape index (κ2) is 12.2. The Morgan fingerprint density at radius 3 is 2.79 bits per heavy atom. The lowest BCUT2D eigenvalue weighted by Crippen LogP contribution is -2.41. The fourth-order valence-electron chi connectivity index (χ4n) is 3.37. The molecular formula is C22H30IN3OS. The maximum atomic E-state index is 5.30. The summed E-state index contributed by atoms with van der Waals surface area (Å²) in [6.07, 6.45) is 2.19. The Balaban J connectivity index is 0.00000280. The van der Waals surface area contributed by atoms with E-state index in [1.54, 1.807) is 7.11 Å². The van der Waals surface area contributed by atoms with Gasteiger partial charge in [-0.3, -0.25) is 4.99 Å². The van der Waals surface area contributed by atoms with Gasteiger partial charge in [0.05, 0.1) is 7.11 Å². The van der Waals surface area contributed by atoms with E-state index in [-0.39, 0.29) is 24.0 Å². The number of ether oxygens (including phenoxy) is 1. The van der Waals surface area contributed by atoms with Crippen LogP contribution in [0.2, 0.25) is 0 Å². The van der Waals surface area contributed by atoms with Gasteiger partial charge in [-0.25, -0.2) is 0 Å². The van der Waals surface area contributed by atoms with Crippen molar-refractivity contribution in [3.05, 3.63) is 60.2 Å². The number of nitrogens with one attached hydrogen (secondary N) is 1. The summed E-state index contributed by atoms with van der Waals surface area (Å²) in [5.74, 6) is 3.81. The van der Waals surface area contributed by atoms with Crippen molar-refractivity contribution < 1.29 is 4.74 Å². The van der Waals surface area contributed by atoms with Gasteiger partial charge in [0.2, 0.25) is 0 Å². The van der Waals surface area contributed by atoms with Gasteiger partial charge in [-0.15, -0.1) is 35.7 Å². The van der Waals surface area contributed by atoms with Crippen LogP contribution < -0.4 is 10.1 Å². The minimum absolute atomic E-state index is 0. The third kappa shape index (κ3) is 6.88. The molecule has 0 saturated carbocycles. The smallest absolute Gasteiger partial charge is 0.193 e. The van der Waals surface area contributed by atoms with E-state index in [4.69, 9.17) is 4.74 Å². The molecule has 28 heavy (non-hydrogen) atoms. The third-order valence-electron chi connectivity index (χ3n) is 4.86. The molecule has 2 aromatic rings. The van der Waals surface area contributed by atoms with Crippen molar-refractivity contribution in [3.8, 4) is 5.75 Å². The zero-order chi connectivity index (χ0) is 18.9. The number of hydrogen-bond acceptors (Lipinski definition) is 3. The van der Waals surface area contributed by atoms with Crippen LogP contribution >= 0.6 is 35.7 Å². The van der Waals surface area contributed by atoms with Crippen LogP contribution in [-0.4, -0.2) is 50.4 Å². The summed E-state index contributed by atoms with van der Waals surface area (Å²) in [4.78, 5) is 8.24. The quantitative estimate of drug-likeness (QED) is 0.256. The highest BCUT2D eigenvalue weighted by molar-refractivity contribution is 14.0. The van der Waals surface area contributed by atoms with Gasteiger partial charge < -0.3 is 15.0 Å². The monoisotopic (exact) mass is 511 g/mol. The molecule has 1 heterocycles. The minimum atomic E-state index is 0. The number of methoxy groups -OCH3 is 1. The Labute approximate surface area is 190 Å². The predicted molar refractivity (Wildman–Crippen MR) is 130 cm³/mol. The summed E-state index contributed by atoms with van der Waals surface area (Å²) in [5, 5.41) is 3.52. The van der Waals surface area contributed by atoms with Gasteiger partial charge in [0.25, 0.3) is 0 Å². The zero-order valence-electron chi connectivity index (χ0n) is 16.6. The number of aliphatic imine (C=N–C) groups is 1. The Kier molecular flexibility index (Phi) is 9.98. The Morgan fingerprint density at radius 1 is 1.21 bits per heavy atom. The highest BCUT2D eigenvalue weighted by Gasteiger charge is 2.24.